The van der Waals surface area contributed by atoms with E-state index >= 15 is 13.2 Å². The first-order valence-corrected chi connectivity index (χ1v) is 22.4. The first kappa shape index (κ1) is 52.0. The number of aromatic nitrogens is 4. The van der Waals surface area contributed by atoms with Gasteiger partial charge in [-0.2, -0.15) is 0 Å². The van der Waals surface area contributed by atoms with E-state index in [9.17, 15) is 67.6 Å². The lowest BCUT2D eigenvalue weighted by Gasteiger charge is -2.20. The lowest BCUT2D eigenvalue weighted by molar-refractivity contribution is -0.142. The Kier molecular flexibility index (Phi) is 15.7. The summed E-state index contributed by atoms with van der Waals surface area (Å²) in [5, 5.41) is 53.8. The number of halogens is 5. The van der Waals surface area contributed by atoms with Gasteiger partial charge in [-0.1, -0.05) is 0 Å². The summed E-state index contributed by atoms with van der Waals surface area (Å²) in [7, 11) is 0. The van der Waals surface area contributed by atoms with E-state index in [0.29, 0.717) is 41.3 Å². The number of aromatic hydroxyl groups is 1. The van der Waals surface area contributed by atoms with E-state index in [1.165, 1.54) is 30.5 Å². The Balaban J connectivity index is 0.903. The molecule has 0 spiro atoms. The highest BCUT2D eigenvalue weighted by Gasteiger charge is 2.34. The standard InChI is InChI=1S/C46H37F5N8O13S/c47-23-11-21-29(13-27(23)60)72-30-14-28(61)24(48)12-22(30)33(21)34-35(46(70)71)36(49)38(51)40(37(34)50)73-17-32(63)52-10-2-1-3-25(44(66)67)56-31(62)9-8-26(45(68)69)57-42(64)18-4-6-19(7-5-18)53-15-20-16-54-41-39(55-20)43(65)59-58-41/h4-7,11-14,16,25-26,53,60H,1-3,8-10,15,17H2,(H,52,63)(H,56,62)(H,57,64)(H,66,67)(H,68,69)(H,70,71)(H2,54,58,59,65). The van der Waals surface area contributed by atoms with Gasteiger partial charge < -0.3 is 46.1 Å². The predicted molar refractivity (Wildman–Crippen MR) is 247 cm³/mol. The van der Waals surface area contributed by atoms with Crippen LogP contribution in [-0.2, 0) is 25.7 Å². The van der Waals surface area contributed by atoms with Gasteiger partial charge in [0.15, 0.2) is 40.2 Å². The summed E-state index contributed by atoms with van der Waals surface area (Å²) in [6, 6.07) is 5.15. The van der Waals surface area contributed by atoms with Gasteiger partial charge in [0.2, 0.25) is 17.2 Å². The number of aromatic carboxylic acids is 1. The molecule has 2 unspecified atom stereocenters. The molecule has 7 rings (SSSR count). The molecule has 2 aliphatic rings. The predicted octanol–water partition coefficient (Wildman–Crippen LogP) is 4.85. The molecule has 10 N–H and O–H groups in total. The van der Waals surface area contributed by atoms with Gasteiger partial charge in [0.1, 0.15) is 34.8 Å². The van der Waals surface area contributed by atoms with Gasteiger partial charge in [-0.05, 0) is 62.1 Å². The molecule has 27 heteroatoms. The van der Waals surface area contributed by atoms with Gasteiger partial charge >= 0.3 is 17.9 Å². The number of H-pyrrole nitrogens is 2. The molecule has 5 aromatic rings. The second-order valence-corrected chi connectivity index (χ2v) is 16.9. The van der Waals surface area contributed by atoms with E-state index < -0.39 is 156 Å². The Bertz CT molecular complexity index is 3440. The fourth-order valence-electron chi connectivity index (χ4n) is 7.43. The lowest BCUT2D eigenvalue weighted by Crippen LogP contribution is -2.44. The number of carbonyl (C=O) groups excluding carboxylic acids is 3. The number of nitrogens with zero attached hydrogens (tertiary/aromatic N) is 2. The summed E-state index contributed by atoms with van der Waals surface area (Å²) in [6.45, 7) is 0.0253. The van der Waals surface area contributed by atoms with Crippen LogP contribution in [0.15, 0.2) is 73.6 Å². The topological polar surface area (TPSA) is 336 Å². The molecule has 1 aliphatic carbocycles. The maximum Gasteiger partial charge on any atom is 0.339 e. The zero-order valence-electron chi connectivity index (χ0n) is 37.2. The van der Waals surface area contributed by atoms with Crippen molar-refractivity contribution in [2.75, 3.05) is 17.6 Å². The quantitative estimate of drug-likeness (QED) is 0.0151. The number of phenols is 1. The first-order valence-electron chi connectivity index (χ1n) is 21.5. The fourth-order valence-corrected chi connectivity index (χ4v) is 8.25. The summed E-state index contributed by atoms with van der Waals surface area (Å²) in [4.78, 5) is 106. The molecule has 380 valence electrons. The minimum absolute atomic E-state index is 0.0674. The van der Waals surface area contributed by atoms with Crippen molar-refractivity contribution in [3.05, 3.63) is 121 Å². The number of rotatable bonds is 21. The maximum atomic E-state index is 16.5. The second kappa shape index (κ2) is 22.0. The van der Waals surface area contributed by atoms with Crippen molar-refractivity contribution in [3.8, 4) is 28.2 Å². The third-order valence-electron chi connectivity index (χ3n) is 11.0. The molecule has 0 saturated heterocycles. The van der Waals surface area contributed by atoms with Crippen molar-refractivity contribution in [2.24, 2.45) is 0 Å². The Hall–Kier alpha value is -8.88. The van der Waals surface area contributed by atoms with Crippen LogP contribution in [-0.4, -0.2) is 101 Å². The number of thioether (sulfide) groups is 1. The number of aliphatic carboxylic acids is 2. The number of carbonyl (C=O) groups is 6. The number of carboxylic acid groups (broad SMARTS) is 3. The van der Waals surface area contributed by atoms with Crippen LogP contribution in [0.25, 0.3) is 44.6 Å². The van der Waals surface area contributed by atoms with Crippen molar-refractivity contribution < 1.29 is 75.6 Å². The number of carboxylic acids is 3. The number of benzene rings is 4. The van der Waals surface area contributed by atoms with E-state index in [1.54, 1.807) is 0 Å². The average Bonchev–Trinajstić information content (AvgIpc) is 3.72. The van der Waals surface area contributed by atoms with E-state index in [2.05, 4.69) is 41.4 Å². The Morgan fingerprint density at radius 1 is 0.781 bits per heavy atom. The number of unbranched alkanes of at least 4 members (excludes halogenated alkanes) is 1. The number of phenolic OH excluding ortho intramolecular Hbond substituents is 1. The highest BCUT2D eigenvalue weighted by molar-refractivity contribution is 8.00. The number of fused-ring (bicyclic) bond motifs is 3. The number of hydrogen-bond acceptors (Lipinski definition) is 14. The van der Waals surface area contributed by atoms with Crippen LogP contribution < -0.4 is 32.3 Å². The van der Waals surface area contributed by atoms with Gasteiger partial charge in [-0.3, -0.25) is 34.2 Å². The van der Waals surface area contributed by atoms with Gasteiger partial charge in [0, 0.05) is 58.4 Å². The van der Waals surface area contributed by atoms with Gasteiger partial charge in [-0.25, -0.2) is 46.3 Å². The van der Waals surface area contributed by atoms with Crippen LogP contribution >= 0.6 is 11.8 Å². The SMILES string of the molecule is O=C(CSc1c(F)c(F)c(C(=O)O)c(-c2c3cc(F)c(=O)cc-3oc3cc(O)c(F)cc23)c1F)NCCCCC(NC(=O)CCC(NC(=O)c1ccc(NCc2cnc3[nH][nH]c(=O)c3n2)cc1)C(=O)O)C(=O)O. The second-order valence-electron chi connectivity index (χ2n) is 15.9. The van der Waals surface area contributed by atoms with Crippen LogP contribution in [0.2, 0.25) is 0 Å². The highest BCUT2D eigenvalue weighted by Crippen LogP contribution is 2.46. The van der Waals surface area contributed by atoms with Crippen LogP contribution in [0.4, 0.5) is 27.6 Å². The van der Waals surface area contributed by atoms with Crippen molar-refractivity contribution in [2.45, 2.75) is 55.6 Å². The third kappa shape index (κ3) is 11.7. The van der Waals surface area contributed by atoms with Gasteiger partial charge in [0.05, 0.1) is 29.1 Å². The molecule has 3 amide bonds. The van der Waals surface area contributed by atoms with Crippen molar-refractivity contribution >= 4 is 75.2 Å². The smallest absolute Gasteiger partial charge is 0.339 e. The summed E-state index contributed by atoms with van der Waals surface area (Å²) in [5.74, 6) is -18.8. The Labute approximate surface area is 408 Å². The minimum atomic E-state index is -2.22. The number of amides is 3. The summed E-state index contributed by atoms with van der Waals surface area (Å²) >= 11 is 0.0831. The zero-order chi connectivity index (χ0) is 52.8. The first-order chi connectivity index (χ1) is 34.7. The number of anilines is 1. The Morgan fingerprint density at radius 2 is 1.49 bits per heavy atom. The van der Waals surface area contributed by atoms with E-state index in [4.69, 9.17) is 4.42 Å². The Morgan fingerprint density at radius 3 is 2.19 bits per heavy atom. The average molecular weight is 1040 g/mol. The number of nitrogens with one attached hydrogen (secondary N) is 6. The highest BCUT2D eigenvalue weighted by atomic mass is 32.2. The maximum absolute atomic E-state index is 16.5. The molecule has 21 nitrogen and oxygen atoms in total. The molecule has 0 fully saturated rings. The fraction of sp³-hybridized carbons (Fsp3) is 0.217. The number of hydrogen-bond donors (Lipinski definition) is 10. The molecule has 0 bridgehead atoms. The summed E-state index contributed by atoms with van der Waals surface area (Å²) in [5.41, 5.74) is -4.87. The molecular formula is C46H37F5N8O13S. The monoisotopic (exact) mass is 1040 g/mol. The molecule has 3 heterocycles. The molecule has 2 atom stereocenters. The molecule has 2 aromatic heterocycles. The van der Waals surface area contributed by atoms with Crippen molar-refractivity contribution in [1.29, 1.82) is 0 Å². The largest absolute Gasteiger partial charge is 0.505 e. The normalized spacial score (nSPS) is 12.1. The van der Waals surface area contributed by atoms with Crippen LogP contribution in [0, 0.1) is 29.1 Å². The van der Waals surface area contributed by atoms with Crippen LogP contribution in [0.1, 0.15) is 58.5 Å². The molecule has 3 aromatic carbocycles. The molecule has 1 aliphatic heterocycles. The zero-order valence-corrected chi connectivity index (χ0v) is 38.0. The molecule has 0 radical (unpaired) electrons. The van der Waals surface area contributed by atoms with E-state index in [0.717, 1.165) is 0 Å². The molecular weight excluding hydrogens is 1000 g/mol. The summed E-state index contributed by atoms with van der Waals surface area (Å²) < 4.78 is 82.4. The molecule has 73 heavy (non-hydrogen) atoms. The van der Waals surface area contributed by atoms with E-state index in [-0.39, 0.29) is 55.2 Å². The van der Waals surface area contributed by atoms with Crippen molar-refractivity contribution in [3.63, 3.8) is 0 Å². The van der Waals surface area contributed by atoms with Gasteiger partial charge in [0.25, 0.3) is 11.5 Å². The number of aromatic amines is 2. The minimum Gasteiger partial charge on any atom is -0.505 e. The van der Waals surface area contributed by atoms with Crippen molar-refractivity contribution in [1.82, 2.24) is 36.1 Å². The lowest BCUT2D eigenvalue weighted by atomic mass is 9.89. The van der Waals surface area contributed by atoms with E-state index in [1.807, 2.05) is 0 Å². The van der Waals surface area contributed by atoms with Crippen LogP contribution in [0.3, 0.4) is 0 Å². The molecule has 0 saturated carbocycles. The summed E-state index contributed by atoms with van der Waals surface area (Å²) in [6.07, 6.45) is 0.499. The van der Waals surface area contributed by atoms with Crippen LogP contribution in [0.5, 0.6) is 5.75 Å². The third-order valence-corrected chi connectivity index (χ3v) is 12.1. The van der Waals surface area contributed by atoms with Gasteiger partial charge in [-0.15, -0.1) is 11.8 Å².